The number of halogens is 6. The van der Waals surface area contributed by atoms with Gasteiger partial charge < -0.3 is 25.5 Å². The van der Waals surface area contributed by atoms with Crippen LogP contribution >= 0.6 is 0 Å². The summed E-state index contributed by atoms with van der Waals surface area (Å²) in [6.45, 7) is 7.69. The lowest BCUT2D eigenvalue weighted by atomic mass is 9.98. The van der Waals surface area contributed by atoms with Crippen LogP contribution in [-0.2, 0) is 9.59 Å². The summed E-state index contributed by atoms with van der Waals surface area (Å²) in [5.41, 5.74) is -0.298. The molecule has 1 aliphatic rings. The number of amides is 1. The van der Waals surface area contributed by atoms with E-state index in [1.165, 1.54) is 0 Å². The number of nitrogens with zero attached hydrogens (tertiary/aromatic N) is 1. The van der Waals surface area contributed by atoms with Crippen molar-refractivity contribution < 1.29 is 56.0 Å². The summed E-state index contributed by atoms with van der Waals surface area (Å²) in [4.78, 5) is 30.5. The van der Waals surface area contributed by atoms with Crippen molar-refractivity contribution in [3.63, 3.8) is 0 Å². The maximum atomic E-state index is 11.2. The molecule has 0 bridgehead atoms. The lowest BCUT2D eigenvalue weighted by Gasteiger charge is -2.41. The Balaban J connectivity index is 0. The summed E-state index contributed by atoms with van der Waals surface area (Å²) >= 11 is 0. The third kappa shape index (κ3) is 12.2. The fourth-order valence-corrected chi connectivity index (χ4v) is 2.06. The molecule has 0 atom stereocenters. The molecular weight excluding hydrogens is 406 g/mol. The van der Waals surface area contributed by atoms with Crippen LogP contribution in [-0.4, -0.2) is 75.3 Å². The average molecular weight is 428 g/mol. The van der Waals surface area contributed by atoms with E-state index < -0.39 is 30.4 Å². The number of hydrogen-bond acceptors (Lipinski definition) is 4. The van der Waals surface area contributed by atoms with Crippen LogP contribution in [0.1, 0.15) is 33.6 Å². The largest absolute Gasteiger partial charge is 0.490 e. The minimum Gasteiger partial charge on any atom is -0.475 e. The van der Waals surface area contributed by atoms with Gasteiger partial charge in [0.25, 0.3) is 0 Å². The van der Waals surface area contributed by atoms with Gasteiger partial charge >= 0.3 is 30.4 Å². The molecule has 0 aromatic rings. The highest BCUT2D eigenvalue weighted by Gasteiger charge is 2.39. The maximum absolute atomic E-state index is 11.2. The standard InChI is InChI=1S/C10H20N2O2.2C2HF3O2/c1-10(2,3)12(9(13)14)8-4-6-11-7-5-8;2*3-2(4,5)1(6)7/h8,11H,4-7H2,1-3H3,(H,13,14);2*(H,6,7). The van der Waals surface area contributed by atoms with Gasteiger partial charge in [-0.1, -0.05) is 0 Å². The summed E-state index contributed by atoms with van der Waals surface area (Å²) in [7, 11) is 0. The zero-order chi connectivity index (χ0) is 22.9. The number of rotatable bonds is 1. The molecule has 0 aromatic carbocycles. The first-order chi connectivity index (χ1) is 12.3. The lowest BCUT2D eigenvalue weighted by Crippen LogP contribution is -2.54. The second-order valence-corrected chi connectivity index (χ2v) is 6.41. The fraction of sp³-hybridized carbons (Fsp3) is 0.786. The zero-order valence-corrected chi connectivity index (χ0v) is 15.2. The third-order valence-corrected chi connectivity index (χ3v) is 3.09. The average Bonchev–Trinajstić information content (AvgIpc) is 2.45. The van der Waals surface area contributed by atoms with Gasteiger partial charge in [-0.2, -0.15) is 26.3 Å². The van der Waals surface area contributed by atoms with E-state index in [4.69, 9.17) is 24.9 Å². The highest BCUT2D eigenvalue weighted by molar-refractivity contribution is 5.73. The van der Waals surface area contributed by atoms with Crippen molar-refractivity contribution in [1.29, 1.82) is 0 Å². The normalized spacial score (nSPS) is 15.3. The molecule has 28 heavy (non-hydrogen) atoms. The van der Waals surface area contributed by atoms with E-state index in [0.29, 0.717) is 0 Å². The van der Waals surface area contributed by atoms with E-state index >= 15 is 0 Å². The SMILES string of the molecule is CC(C)(C)N(C(=O)O)C1CCNCC1.O=C(O)C(F)(F)F.O=C(O)C(F)(F)F. The second-order valence-electron chi connectivity index (χ2n) is 6.41. The Labute approximate surface area is 156 Å². The van der Waals surface area contributed by atoms with Gasteiger partial charge in [-0.25, -0.2) is 14.4 Å². The highest BCUT2D eigenvalue weighted by atomic mass is 19.4. The number of aliphatic carboxylic acids is 2. The van der Waals surface area contributed by atoms with Crippen LogP contribution in [0.4, 0.5) is 31.1 Å². The number of nitrogens with one attached hydrogen (secondary N) is 1. The monoisotopic (exact) mass is 428 g/mol. The molecule has 8 nitrogen and oxygen atoms in total. The van der Waals surface area contributed by atoms with Gasteiger partial charge in [0.2, 0.25) is 0 Å². The van der Waals surface area contributed by atoms with E-state index in [0.717, 1.165) is 25.9 Å². The Morgan fingerprint density at radius 2 is 1.11 bits per heavy atom. The minimum atomic E-state index is -5.08. The molecule has 1 aliphatic heterocycles. The zero-order valence-electron chi connectivity index (χ0n) is 15.2. The summed E-state index contributed by atoms with van der Waals surface area (Å²) < 4.78 is 63.5. The molecule has 14 heteroatoms. The van der Waals surface area contributed by atoms with Crippen LogP contribution in [0.2, 0.25) is 0 Å². The van der Waals surface area contributed by atoms with Crippen molar-refractivity contribution in [2.75, 3.05) is 13.1 Å². The smallest absolute Gasteiger partial charge is 0.475 e. The van der Waals surface area contributed by atoms with Crippen molar-refractivity contribution in [1.82, 2.24) is 10.2 Å². The Hall–Kier alpha value is -2.25. The van der Waals surface area contributed by atoms with Crippen LogP contribution in [0.25, 0.3) is 0 Å². The number of carboxylic acids is 2. The van der Waals surface area contributed by atoms with Crippen molar-refractivity contribution in [2.45, 2.75) is 57.5 Å². The number of carboxylic acid groups (broad SMARTS) is 3. The number of hydrogen-bond donors (Lipinski definition) is 4. The lowest BCUT2D eigenvalue weighted by molar-refractivity contribution is -0.193. The van der Waals surface area contributed by atoms with Gasteiger partial charge in [0, 0.05) is 11.6 Å². The Morgan fingerprint density at radius 3 is 1.29 bits per heavy atom. The molecule has 0 aromatic heterocycles. The van der Waals surface area contributed by atoms with Gasteiger partial charge in [-0.05, 0) is 46.7 Å². The van der Waals surface area contributed by atoms with Crippen LogP contribution in [0.15, 0.2) is 0 Å². The second kappa shape index (κ2) is 10.9. The summed E-state index contributed by atoms with van der Waals surface area (Å²) in [5, 5.41) is 26.7. The third-order valence-electron chi connectivity index (χ3n) is 3.09. The van der Waals surface area contributed by atoms with E-state index in [-0.39, 0.29) is 11.6 Å². The maximum Gasteiger partial charge on any atom is 0.490 e. The first-order valence-corrected chi connectivity index (χ1v) is 7.65. The van der Waals surface area contributed by atoms with Crippen LogP contribution in [0, 0.1) is 0 Å². The van der Waals surface area contributed by atoms with Gasteiger partial charge in [-0.3, -0.25) is 0 Å². The van der Waals surface area contributed by atoms with Crippen LogP contribution < -0.4 is 5.32 Å². The van der Waals surface area contributed by atoms with E-state index in [9.17, 15) is 31.1 Å². The van der Waals surface area contributed by atoms with Gasteiger partial charge in [0.15, 0.2) is 0 Å². The molecule has 0 aliphatic carbocycles. The van der Waals surface area contributed by atoms with Gasteiger partial charge in [-0.15, -0.1) is 0 Å². The van der Waals surface area contributed by atoms with Crippen molar-refractivity contribution >= 4 is 18.0 Å². The van der Waals surface area contributed by atoms with E-state index in [1.807, 2.05) is 20.8 Å². The first kappa shape index (κ1) is 28.0. The summed E-state index contributed by atoms with van der Waals surface area (Å²) in [6.07, 6.45) is -9.13. The van der Waals surface area contributed by atoms with Gasteiger partial charge in [0.05, 0.1) is 0 Å². The van der Waals surface area contributed by atoms with E-state index in [1.54, 1.807) is 4.90 Å². The van der Waals surface area contributed by atoms with Crippen molar-refractivity contribution in [3.05, 3.63) is 0 Å². The van der Waals surface area contributed by atoms with E-state index in [2.05, 4.69) is 5.32 Å². The molecule has 1 heterocycles. The Bertz CT molecular complexity index is 500. The van der Waals surface area contributed by atoms with Gasteiger partial charge in [0.1, 0.15) is 0 Å². The Kier molecular flexibility index (Phi) is 10.9. The van der Waals surface area contributed by atoms with Crippen molar-refractivity contribution in [2.24, 2.45) is 0 Å². The topological polar surface area (TPSA) is 127 Å². The summed E-state index contributed by atoms with van der Waals surface area (Å²) in [6, 6.07) is 0.175. The predicted octanol–water partition coefficient (Wildman–Crippen LogP) is 2.78. The molecule has 1 fully saturated rings. The molecular formula is C14H22F6N2O6. The molecule has 4 N–H and O–H groups in total. The number of alkyl halides is 6. The van der Waals surface area contributed by atoms with Crippen LogP contribution in [0.3, 0.4) is 0 Å². The predicted molar refractivity (Wildman–Crippen MR) is 82.9 cm³/mol. The molecule has 166 valence electrons. The summed E-state index contributed by atoms with van der Waals surface area (Å²) in [5.74, 6) is -5.51. The highest BCUT2D eigenvalue weighted by Crippen LogP contribution is 2.22. The number of piperidine rings is 1. The Morgan fingerprint density at radius 1 is 0.821 bits per heavy atom. The van der Waals surface area contributed by atoms with Crippen molar-refractivity contribution in [3.8, 4) is 0 Å². The first-order valence-electron chi connectivity index (χ1n) is 7.65. The number of carbonyl (C=O) groups is 3. The fourth-order valence-electron chi connectivity index (χ4n) is 2.06. The molecule has 1 amide bonds. The quantitative estimate of drug-likeness (QED) is 0.473. The van der Waals surface area contributed by atoms with Crippen LogP contribution in [0.5, 0.6) is 0 Å². The molecule has 0 spiro atoms. The molecule has 0 saturated carbocycles. The molecule has 1 rings (SSSR count). The molecule has 1 saturated heterocycles. The molecule has 0 unspecified atom stereocenters. The minimum absolute atomic E-state index is 0.175. The molecule has 0 radical (unpaired) electrons.